The first-order valence-electron chi connectivity index (χ1n) is 8.95. The molecule has 3 heterocycles. The van der Waals surface area contributed by atoms with Gasteiger partial charge in [0.2, 0.25) is 4.75 Å². The van der Waals surface area contributed by atoms with Gasteiger partial charge in [0.05, 0.1) is 6.26 Å². The van der Waals surface area contributed by atoms with Gasteiger partial charge in [-0.15, -0.1) is 34.0 Å². The summed E-state index contributed by atoms with van der Waals surface area (Å²) in [5, 5.41) is 11.0. The molecule has 0 aliphatic carbocycles. The van der Waals surface area contributed by atoms with Crippen LogP contribution in [0.15, 0.2) is 41.8 Å². The zero-order valence-corrected chi connectivity index (χ0v) is 19.0. The number of nitrogens with one attached hydrogen (secondary N) is 1. The van der Waals surface area contributed by atoms with E-state index in [2.05, 4.69) is 41.8 Å². The van der Waals surface area contributed by atoms with E-state index in [0.29, 0.717) is 6.42 Å². The highest BCUT2D eigenvalue weighted by Crippen LogP contribution is 2.39. The van der Waals surface area contributed by atoms with Gasteiger partial charge in [-0.05, 0) is 73.1 Å². The summed E-state index contributed by atoms with van der Waals surface area (Å²) in [7, 11) is 0. The van der Waals surface area contributed by atoms with Gasteiger partial charge >= 0.3 is 0 Å². The highest BCUT2D eigenvalue weighted by atomic mass is 32.2. The quantitative estimate of drug-likeness (QED) is 0.193. The Morgan fingerprint density at radius 2 is 1.79 bits per heavy atom. The second kappa shape index (κ2) is 9.56. The third-order valence-electron chi connectivity index (χ3n) is 4.82. The lowest BCUT2D eigenvalue weighted by Crippen LogP contribution is -2.49. The van der Waals surface area contributed by atoms with E-state index in [1.807, 2.05) is 11.3 Å². The number of thiophene rings is 3. The van der Waals surface area contributed by atoms with Crippen molar-refractivity contribution in [3.8, 4) is 19.5 Å². The third kappa shape index (κ3) is 4.87. The molecule has 0 spiro atoms. The Labute approximate surface area is 180 Å². The van der Waals surface area contributed by atoms with Gasteiger partial charge in [0.25, 0.3) is 5.91 Å². The summed E-state index contributed by atoms with van der Waals surface area (Å²) in [5.74, 6) is -0.578. The average molecular weight is 454 g/mol. The van der Waals surface area contributed by atoms with Gasteiger partial charge in [-0.2, -0.15) is 0 Å². The van der Waals surface area contributed by atoms with Crippen molar-refractivity contribution in [2.24, 2.45) is 0 Å². The van der Waals surface area contributed by atoms with Gasteiger partial charge in [0.1, 0.15) is 0 Å². The first-order chi connectivity index (χ1) is 13.4. The number of rotatable bonds is 9. The number of carbonyl (C=O) groups excluding carboxylic acids is 1. The molecule has 2 unspecified atom stereocenters. The van der Waals surface area contributed by atoms with Gasteiger partial charge in [0, 0.05) is 30.8 Å². The first kappa shape index (κ1) is 21.5. The number of carbonyl (C=O) groups is 1. The molecule has 0 aliphatic heterocycles. The highest BCUT2D eigenvalue weighted by molar-refractivity contribution is 7.92. The van der Waals surface area contributed by atoms with Crippen molar-refractivity contribution in [3.63, 3.8) is 0 Å². The van der Waals surface area contributed by atoms with E-state index in [4.69, 9.17) is 5.21 Å². The lowest BCUT2D eigenvalue weighted by molar-refractivity contribution is -0.131. The van der Waals surface area contributed by atoms with Crippen molar-refractivity contribution in [2.75, 3.05) is 6.26 Å². The lowest BCUT2D eigenvalue weighted by atomic mass is 10.0. The fraction of sp³-hybridized carbons (Fsp3) is 0.350. The van der Waals surface area contributed by atoms with E-state index >= 15 is 0 Å². The molecule has 2 N–H and O–H groups in total. The highest BCUT2D eigenvalue weighted by Gasteiger charge is 2.42. The molecule has 150 valence electrons. The molecule has 0 aromatic carbocycles. The molecule has 0 bridgehead atoms. The summed E-state index contributed by atoms with van der Waals surface area (Å²) in [4.78, 5) is 18.3. The van der Waals surface area contributed by atoms with Gasteiger partial charge in [-0.3, -0.25) is 10.0 Å². The number of amides is 1. The molecule has 2 atom stereocenters. The van der Waals surface area contributed by atoms with Crippen LogP contribution < -0.4 is 5.48 Å². The first-order valence-corrected chi connectivity index (χ1v) is 13.0. The Balaban J connectivity index is 1.55. The zero-order valence-electron chi connectivity index (χ0n) is 15.8. The van der Waals surface area contributed by atoms with Crippen LogP contribution in [-0.4, -0.2) is 26.7 Å². The minimum Gasteiger partial charge on any atom is -0.616 e. The Kier molecular flexibility index (Phi) is 7.36. The smallest absolute Gasteiger partial charge is 0.299 e. The Morgan fingerprint density at radius 1 is 1.11 bits per heavy atom. The van der Waals surface area contributed by atoms with E-state index in [-0.39, 0.29) is 0 Å². The van der Waals surface area contributed by atoms with E-state index < -0.39 is 21.8 Å². The SMILES string of the molecule is C[S+]([O-])C(C)(CCCCc1ccc(-c2ccc(-c3cccs3)s2)s1)C(=O)NO. The van der Waals surface area contributed by atoms with Crippen LogP contribution in [0.2, 0.25) is 0 Å². The maximum absolute atomic E-state index is 11.9. The minimum atomic E-state index is -1.35. The number of unbranched alkanes of at least 4 members (excludes halogenated alkanes) is 1. The largest absolute Gasteiger partial charge is 0.616 e. The predicted octanol–water partition coefficient (Wildman–Crippen LogP) is 5.56. The third-order valence-corrected chi connectivity index (χ3v) is 9.97. The number of hydrogen-bond donors (Lipinski definition) is 2. The van der Waals surface area contributed by atoms with E-state index in [9.17, 15) is 9.35 Å². The average Bonchev–Trinajstić information content (AvgIpc) is 3.44. The monoisotopic (exact) mass is 453 g/mol. The van der Waals surface area contributed by atoms with Crippen LogP contribution in [0.5, 0.6) is 0 Å². The van der Waals surface area contributed by atoms with Crippen LogP contribution >= 0.6 is 34.0 Å². The lowest BCUT2D eigenvalue weighted by Gasteiger charge is -2.27. The molecule has 0 radical (unpaired) electrons. The zero-order chi connectivity index (χ0) is 20.1. The maximum Gasteiger partial charge on any atom is 0.299 e. The second-order valence-corrected chi connectivity index (χ2v) is 11.7. The summed E-state index contributed by atoms with van der Waals surface area (Å²) in [5.41, 5.74) is 1.65. The van der Waals surface area contributed by atoms with Gasteiger partial charge in [-0.1, -0.05) is 6.07 Å². The summed E-state index contributed by atoms with van der Waals surface area (Å²) >= 11 is 4.04. The Morgan fingerprint density at radius 3 is 2.43 bits per heavy atom. The summed E-state index contributed by atoms with van der Waals surface area (Å²) in [6.45, 7) is 1.64. The second-order valence-electron chi connectivity index (χ2n) is 6.74. The van der Waals surface area contributed by atoms with E-state index in [0.717, 1.165) is 19.3 Å². The van der Waals surface area contributed by atoms with E-state index in [1.165, 1.54) is 30.6 Å². The van der Waals surface area contributed by atoms with Crippen LogP contribution in [0.1, 0.15) is 31.1 Å². The molecule has 3 aromatic rings. The maximum atomic E-state index is 11.9. The molecule has 1 amide bonds. The molecular formula is C20H23NO3S4. The molecule has 3 rings (SSSR count). The van der Waals surface area contributed by atoms with Gasteiger partial charge in [0.15, 0.2) is 0 Å². The van der Waals surface area contributed by atoms with Crippen molar-refractivity contribution in [1.29, 1.82) is 0 Å². The van der Waals surface area contributed by atoms with E-state index in [1.54, 1.807) is 35.1 Å². The molecule has 0 saturated heterocycles. The number of hydrogen-bond acceptors (Lipinski definition) is 6. The molecule has 0 aliphatic rings. The normalized spacial score (nSPS) is 14.6. The molecule has 0 fully saturated rings. The molecule has 28 heavy (non-hydrogen) atoms. The van der Waals surface area contributed by atoms with Crippen LogP contribution in [0.3, 0.4) is 0 Å². The van der Waals surface area contributed by atoms with Crippen molar-refractivity contribution >= 4 is 51.1 Å². The number of hydroxylamine groups is 1. The standard InChI is InChI=1S/C20H23NO3S4/c1-20(28(2)24,19(22)21-23)12-4-3-6-14-8-9-17(26-14)18-11-10-16(27-18)15-7-5-13-25-15/h5,7-11,13,23H,3-4,6,12H2,1-2H3,(H,21,22). The van der Waals surface area contributed by atoms with Gasteiger partial charge in [-0.25, -0.2) is 5.48 Å². The Hall–Kier alpha value is -1.16. The topological polar surface area (TPSA) is 72.4 Å². The number of aryl methyl sites for hydroxylation is 1. The molecule has 0 saturated carbocycles. The molecule has 4 nitrogen and oxygen atoms in total. The predicted molar refractivity (Wildman–Crippen MR) is 121 cm³/mol. The van der Waals surface area contributed by atoms with Crippen molar-refractivity contribution in [2.45, 2.75) is 37.4 Å². The fourth-order valence-corrected chi connectivity index (χ4v) is 6.65. The van der Waals surface area contributed by atoms with Crippen molar-refractivity contribution < 1.29 is 14.6 Å². The summed E-state index contributed by atoms with van der Waals surface area (Å²) in [6, 6.07) is 12.9. The summed E-state index contributed by atoms with van der Waals surface area (Å²) in [6.07, 6.45) is 4.61. The Bertz CT molecular complexity index is 900. The van der Waals surface area contributed by atoms with Crippen molar-refractivity contribution in [3.05, 3.63) is 46.7 Å². The van der Waals surface area contributed by atoms with Crippen molar-refractivity contribution in [1.82, 2.24) is 5.48 Å². The molecule has 8 heteroatoms. The molecular weight excluding hydrogens is 430 g/mol. The summed E-state index contributed by atoms with van der Waals surface area (Å²) < 4.78 is 10.9. The van der Waals surface area contributed by atoms with Gasteiger partial charge < -0.3 is 4.55 Å². The molecule has 3 aromatic heterocycles. The van der Waals surface area contributed by atoms with Crippen LogP contribution in [0.4, 0.5) is 0 Å². The van der Waals surface area contributed by atoms with Crippen LogP contribution in [0.25, 0.3) is 19.5 Å². The fourth-order valence-electron chi connectivity index (χ4n) is 2.93. The minimum absolute atomic E-state index is 0.482. The van der Waals surface area contributed by atoms with Crippen LogP contribution in [0, 0.1) is 0 Å². The van der Waals surface area contributed by atoms with Crippen LogP contribution in [-0.2, 0) is 22.4 Å².